The Hall–Kier alpha value is -1.59. The molecule has 0 saturated carbocycles. The third kappa shape index (κ3) is 4.22. The largest absolute Gasteiger partial charge is 0.504 e. The lowest BCUT2D eigenvalue weighted by atomic mass is 9.97. The maximum absolute atomic E-state index is 11.7. The molecule has 106 valence electrons. The van der Waals surface area contributed by atoms with E-state index in [1.54, 1.807) is 33.9 Å². The Morgan fingerprint density at radius 3 is 2.53 bits per heavy atom. The van der Waals surface area contributed by atoms with Gasteiger partial charge in [-0.05, 0) is 45.5 Å². The molecule has 0 aliphatic heterocycles. The predicted molar refractivity (Wildman–Crippen MR) is 72.1 cm³/mol. The standard InChI is InChI=1S/C14H21NO4/c1-14(2,3)13(18)19-12-6-5-9(7-10(12)16)11(17)8-15-4/h5-7,11,15-17H,8H2,1-4H3. The average Bonchev–Trinajstić information content (AvgIpc) is 2.30. The van der Waals surface area contributed by atoms with Gasteiger partial charge < -0.3 is 20.3 Å². The summed E-state index contributed by atoms with van der Waals surface area (Å²) in [6.45, 7) is 5.58. The number of ether oxygens (including phenoxy) is 1. The monoisotopic (exact) mass is 267 g/mol. The predicted octanol–water partition coefficient (Wildman–Crippen LogP) is 1.60. The second-order valence-electron chi connectivity index (χ2n) is 5.44. The van der Waals surface area contributed by atoms with Crippen LogP contribution in [-0.2, 0) is 4.79 Å². The quantitative estimate of drug-likeness (QED) is 0.570. The summed E-state index contributed by atoms with van der Waals surface area (Å²) in [7, 11) is 1.72. The Kier molecular flexibility index (Phi) is 4.91. The van der Waals surface area contributed by atoms with Crippen LogP contribution in [0.1, 0.15) is 32.4 Å². The number of esters is 1. The van der Waals surface area contributed by atoms with Crippen molar-refractivity contribution in [3.8, 4) is 11.5 Å². The van der Waals surface area contributed by atoms with Crippen LogP contribution in [0, 0.1) is 5.41 Å². The number of aromatic hydroxyl groups is 1. The molecule has 1 atom stereocenters. The van der Waals surface area contributed by atoms with E-state index in [4.69, 9.17) is 4.74 Å². The van der Waals surface area contributed by atoms with Crippen molar-refractivity contribution in [3.05, 3.63) is 23.8 Å². The van der Waals surface area contributed by atoms with Crippen LogP contribution in [0.4, 0.5) is 0 Å². The van der Waals surface area contributed by atoms with Crippen molar-refractivity contribution in [1.82, 2.24) is 5.32 Å². The van der Waals surface area contributed by atoms with E-state index in [0.717, 1.165) is 0 Å². The van der Waals surface area contributed by atoms with Gasteiger partial charge in [-0.1, -0.05) is 6.07 Å². The Morgan fingerprint density at radius 2 is 2.05 bits per heavy atom. The number of likely N-dealkylation sites (N-methyl/N-ethyl adjacent to an activating group) is 1. The minimum atomic E-state index is -0.719. The molecule has 19 heavy (non-hydrogen) atoms. The van der Waals surface area contributed by atoms with Gasteiger partial charge in [-0.15, -0.1) is 0 Å². The second kappa shape index (κ2) is 6.04. The summed E-state index contributed by atoms with van der Waals surface area (Å²) in [4.78, 5) is 11.7. The Labute approximate surface area is 113 Å². The number of hydrogen-bond donors (Lipinski definition) is 3. The van der Waals surface area contributed by atoms with E-state index in [1.807, 2.05) is 0 Å². The molecule has 0 bridgehead atoms. The lowest BCUT2D eigenvalue weighted by Gasteiger charge is -2.17. The number of benzene rings is 1. The van der Waals surface area contributed by atoms with Crippen LogP contribution in [0.5, 0.6) is 11.5 Å². The number of phenolic OH excluding ortho intramolecular Hbond substituents is 1. The normalized spacial score (nSPS) is 13.1. The molecule has 1 aromatic carbocycles. The van der Waals surface area contributed by atoms with E-state index >= 15 is 0 Å². The van der Waals surface area contributed by atoms with Crippen LogP contribution in [0.25, 0.3) is 0 Å². The van der Waals surface area contributed by atoms with Crippen LogP contribution < -0.4 is 10.1 Å². The lowest BCUT2D eigenvalue weighted by molar-refractivity contribution is -0.143. The molecule has 1 aromatic rings. The molecule has 0 aromatic heterocycles. The van der Waals surface area contributed by atoms with Crippen LogP contribution in [0.15, 0.2) is 18.2 Å². The highest BCUT2D eigenvalue weighted by atomic mass is 16.5. The van der Waals surface area contributed by atoms with Crippen molar-refractivity contribution in [2.45, 2.75) is 26.9 Å². The van der Waals surface area contributed by atoms with Gasteiger partial charge in [0.05, 0.1) is 11.5 Å². The minimum Gasteiger partial charge on any atom is -0.504 e. The van der Waals surface area contributed by atoms with Gasteiger partial charge in [-0.3, -0.25) is 4.79 Å². The summed E-state index contributed by atoms with van der Waals surface area (Å²) in [5.41, 5.74) is -0.0843. The topological polar surface area (TPSA) is 78.8 Å². The molecule has 1 unspecified atom stereocenters. The molecule has 3 N–H and O–H groups in total. The summed E-state index contributed by atoms with van der Waals surface area (Å²) in [5.74, 6) is -0.489. The molecule has 0 aliphatic rings. The zero-order valence-corrected chi connectivity index (χ0v) is 11.7. The van der Waals surface area contributed by atoms with Gasteiger partial charge in [0.1, 0.15) is 0 Å². The highest BCUT2D eigenvalue weighted by Crippen LogP contribution is 2.31. The molecule has 0 saturated heterocycles. The number of aliphatic hydroxyl groups is 1. The molecule has 0 fully saturated rings. The smallest absolute Gasteiger partial charge is 0.316 e. The van der Waals surface area contributed by atoms with Crippen LogP contribution in [-0.4, -0.2) is 29.8 Å². The lowest BCUT2D eigenvalue weighted by Crippen LogP contribution is -2.25. The number of nitrogens with one attached hydrogen (secondary N) is 1. The Morgan fingerprint density at radius 1 is 1.42 bits per heavy atom. The number of rotatable bonds is 4. The van der Waals surface area contributed by atoms with Gasteiger partial charge in [0.2, 0.25) is 0 Å². The van der Waals surface area contributed by atoms with Crippen molar-refractivity contribution in [2.24, 2.45) is 5.41 Å². The van der Waals surface area contributed by atoms with Gasteiger partial charge in [0.25, 0.3) is 0 Å². The van der Waals surface area contributed by atoms with Crippen molar-refractivity contribution in [3.63, 3.8) is 0 Å². The average molecular weight is 267 g/mol. The zero-order chi connectivity index (χ0) is 14.6. The summed E-state index contributed by atoms with van der Waals surface area (Å²) in [6, 6.07) is 4.49. The SMILES string of the molecule is CNCC(O)c1ccc(OC(=O)C(C)(C)C)c(O)c1. The van der Waals surface area contributed by atoms with Crippen molar-refractivity contribution in [1.29, 1.82) is 0 Å². The summed E-state index contributed by atoms with van der Waals surface area (Å²) in [6.07, 6.45) is -0.719. The molecule has 0 heterocycles. The highest BCUT2D eigenvalue weighted by molar-refractivity contribution is 5.78. The van der Waals surface area contributed by atoms with Crippen molar-refractivity contribution in [2.75, 3.05) is 13.6 Å². The molecular formula is C14H21NO4. The molecule has 5 nitrogen and oxygen atoms in total. The van der Waals surface area contributed by atoms with Gasteiger partial charge >= 0.3 is 5.97 Å². The first-order chi connectivity index (χ1) is 8.75. The third-order valence-electron chi connectivity index (χ3n) is 2.58. The second-order valence-corrected chi connectivity index (χ2v) is 5.44. The molecule has 5 heteroatoms. The third-order valence-corrected chi connectivity index (χ3v) is 2.58. The number of aliphatic hydroxyl groups excluding tert-OH is 1. The summed E-state index contributed by atoms with van der Waals surface area (Å²) in [5, 5.41) is 22.4. The molecular weight excluding hydrogens is 246 g/mol. The summed E-state index contributed by atoms with van der Waals surface area (Å²) < 4.78 is 5.12. The Bertz CT molecular complexity index is 451. The first-order valence-corrected chi connectivity index (χ1v) is 6.13. The number of hydrogen-bond acceptors (Lipinski definition) is 5. The fourth-order valence-corrected chi connectivity index (χ4v) is 1.39. The fraction of sp³-hybridized carbons (Fsp3) is 0.500. The molecule has 0 aliphatic carbocycles. The van der Waals surface area contributed by atoms with Gasteiger partial charge in [0, 0.05) is 6.54 Å². The van der Waals surface area contributed by atoms with Gasteiger partial charge in [-0.2, -0.15) is 0 Å². The van der Waals surface area contributed by atoms with E-state index in [-0.39, 0.29) is 11.5 Å². The molecule has 0 spiro atoms. The highest BCUT2D eigenvalue weighted by Gasteiger charge is 2.24. The van der Waals surface area contributed by atoms with Crippen LogP contribution >= 0.6 is 0 Å². The molecule has 1 rings (SSSR count). The fourth-order valence-electron chi connectivity index (χ4n) is 1.39. The zero-order valence-electron chi connectivity index (χ0n) is 11.7. The first-order valence-electron chi connectivity index (χ1n) is 6.13. The number of carbonyl (C=O) groups excluding carboxylic acids is 1. The first kappa shape index (κ1) is 15.5. The number of phenols is 1. The van der Waals surface area contributed by atoms with E-state index in [1.165, 1.54) is 12.1 Å². The van der Waals surface area contributed by atoms with Crippen molar-refractivity contribution >= 4 is 5.97 Å². The van der Waals surface area contributed by atoms with Gasteiger partial charge in [0.15, 0.2) is 11.5 Å². The Balaban J connectivity index is 2.86. The molecule has 0 amide bonds. The molecule has 0 radical (unpaired) electrons. The summed E-state index contributed by atoms with van der Waals surface area (Å²) >= 11 is 0. The van der Waals surface area contributed by atoms with Crippen LogP contribution in [0.3, 0.4) is 0 Å². The van der Waals surface area contributed by atoms with Crippen LogP contribution in [0.2, 0.25) is 0 Å². The maximum atomic E-state index is 11.7. The van der Waals surface area contributed by atoms with E-state index < -0.39 is 17.5 Å². The van der Waals surface area contributed by atoms with E-state index in [9.17, 15) is 15.0 Å². The maximum Gasteiger partial charge on any atom is 0.316 e. The number of carbonyl (C=O) groups is 1. The van der Waals surface area contributed by atoms with E-state index in [2.05, 4.69) is 5.32 Å². The van der Waals surface area contributed by atoms with Gasteiger partial charge in [-0.25, -0.2) is 0 Å². The van der Waals surface area contributed by atoms with Crippen molar-refractivity contribution < 1.29 is 19.7 Å². The van der Waals surface area contributed by atoms with E-state index in [0.29, 0.717) is 12.1 Å². The minimum absolute atomic E-state index is 0.0975.